The lowest BCUT2D eigenvalue weighted by atomic mass is 9.75. The van der Waals surface area contributed by atoms with Crippen molar-refractivity contribution in [3.63, 3.8) is 0 Å². The minimum Gasteiger partial charge on any atom is -0.290 e. The molecule has 0 bridgehead atoms. The summed E-state index contributed by atoms with van der Waals surface area (Å²) in [6.45, 7) is 6.90. The Balaban J connectivity index is 4.21. The van der Waals surface area contributed by atoms with Crippen molar-refractivity contribution in [2.75, 3.05) is 0 Å². The standard InChI is InChI=1S/C42H83O/c1-4-7-10-13-16-19-22-24-27-30-33-36-39-42(41-43,38-35-32-29-26-21-18-15-12-9-6-3)40-37-34-31-28-25-23-20-17-14-11-8-5-2/h4-40H2,1-3H3. The molecule has 0 aliphatic carbocycles. The first-order valence-electron chi connectivity index (χ1n) is 20.6. The van der Waals surface area contributed by atoms with Gasteiger partial charge in [-0.1, -0.05) is 239 Å². The van der Waals surface area contributed by atoms with E-state index in [1.165, 1.54) is 218 Å². The van der Waals surface area contributed by atoms with E-state index in [-0.39, 0.29) is 5.41 Å². The minimum atomic E-state index is -0.142. The molecular weight excluding hydrogens is 520 g/mol. The molecule has 0 rings (SSSR count). The van der Waals surface area contributed by atoms with Gasteiger partial charge in [-0.15, -0.1) is 0 Å². The molecule has 0 saturated carbocycles. The predicted molar refractivity (Wildman–Crippen MR) is 196 cm³/mol. The Morgan fingerprint density at radius 2 is 0.442 bits per heavy atom. The van der Waals surface area contributed by atoms with Gasteiger partial charge in [0, 0.05) is 5.41 Å². The van der Waals surface area contributed by atoms with Gasteiger partial charge in [0.25, 0.3) is 0 Å². The summed E-state index contributed by atoms with van der Waals surface area (Å²) in [6.07, 6.45) is 53.0. The summed E-state index contributed by atoms with van der Waals surface area (Å²) in [4.78, 5) is 12.5. The van der Waals surface area contributed by atoms with Crippen LogP contribution in [0.2, 0.25) is 0 Å². The van der Waals surface area contributed by atoms with E-state index >= 15 is 0 Å². The first kappa shape index (κ1) is 42.7. The molecule has 0 spiro atoms. The van der Waals surface area contributed by atoms with Crippen LogP contribution in [0.25, 0.3) is 0 Å². The summed E-state index contributed by atoms with van der Waals surface area (Å²) >= 11 is 0. The van der Waals surface area contributed by atoms with Crippen LogP contribution < -0.4 is 0 Å². The highest BCUT2D eigenvalue weighted by atomic mass is 16.1. The highest BCUT2D eigenvalue weighted by Gasteiger charge is 2.29. The quantitative estimate of drug-likeness (QED) is 0.0641. The minimum absolute atomic E-state index is 0.142. The zero-order valence-electron chi connectivity index (χ0n) is 30.6. The maximum absolute atomic E-state index is 12.5. The summed E-state index contributed by atoms with van der Waals surface area (Å²) in [5.41, 5.74) is -0.142. The third-order valence-electron chi connectivity index (χ3n) is 10.2. The van der Waals surface area contributed by atoms with Crippen molar-refractivity contribution >= 4 is 6.29 Å². The topological polar surface area (TPSA) is 17.1 Å². The van der Waals surface area contributed by atoms with Crippen LogP contribution in [0, 0.1) is 5.41 Å². The van der Waals surface area contributed by atoms with E-state index in [2.05, 4.69) is 27.1 Å². The highest BCUT2D eigenvalue weighted by molar-refractivity contribution is 5.60. The van der Waals surface area contributed by atoms with Crippen molar-refractivity contribution in [2.24, 2.45) is 5.41 Å². The van der Waals surface area contributed by atoms with Crippen LogP contribution in [0.5, 0.6) is 0 Å². The van der Waals surface area contributed by atoms with Crippen LogP contribution in [0.3, 0.4) is 0 Å². The second kappa shape index (κ2) is 36.1. The molecule has 0 fully saturated rings. The molecule has 0 saturated heterocycles. The zero-order valence-corrected chi connectivity index (χ0v) is 30.6. The Labute approximate surface area is 274 Å². The first-order valence-corrected chi connectivity index (χ1v) is 20.6. The Kier molecular flexibility index (Phi) is 35.9. The van der Waals surface area contributed by atoms with Crippen LogP contribution in [0.1, 0.15) is 258 Å². The largest absolute Gasteiger partial charge is 0.290 e. The lowest BCUT2D eigenvalue weighted by Gasteiger charge is -2.27. The average Bonchev–Trinajstić information content (AvgIpc) is 3.02. The van der Waals surface area contributed by atoms with Gasteiger partial charge in [-0.2, -0.15) is 0 Å². The van der Waals surface area contributed by atoms with Crippen LogP contribution >= 0.6 is 0 Å². The third-order valence-corrected chi connectivity index (χ3v) is 10.2. The van der Waals surface area contributed by atoms with Crippen molar-refractivity contribution < 1.29 is 4.79 Å². The molecule has 0 aromatic rings. The molecule has 1 heteroatoms. The first-order chi connectivity index (χ1) is 21.2. The fourth-order valence-electron chi connectivity index (χ4n) is 7.09. The molecule has 0 aliphatic rings. The fraction of sp³-hybridized carbons (Fsp3) is 0.976. The molecule has 43 heavy (non-hydrogen) atoms. The number of hydrogen-bond donors (Lipinski definition) is 0. The second-order valence-corrected chi connectivity index (χ2v) is 14.6. The van der Waals surface area contributed by atoms with Gasteiger partial charge in [0.15, 0.2) is 0 Å². The zero-order chi connectivity index (χ0) is 31.4. The molecule has 0 amide bonds. The van der Waals surface area contributed by atoms with Crippen LogP contribution in [0.15, 0.2) is 0 Å². The van der Waals surface area contributed by atoms with E-state index in [4.69, 9.17) is 0 Å². The predicted octanol–water partition coefficient (Wildman–Crippen LogP) is 15.6. The maximum Gasteiger partial charge on any atom is 0.205 e. The molecule has 0 aromatic heterocycles. The van der Waals surface area contributed by atoms with Gasteiger partial charge >= 0.3 is 0 Å². The van der Waals surface area contributed by atoms with E-state index in [1.807, 2.05) is 0 Å². The maximum atomic E-state index is 12.5. The van der Waals surface area contributed by atoms with Crippen molar-refractivity contribution in [3.05, 3.63) is 0 Å². The molecule has 0 aliphatic heterocycles. The summed E-state index contributed by atoms with van der Waals surface area (Å²) in [6, 6.07) is 0. The lowest BCUT2D eigenvalue weighted by molar-refractivity contribution is 0.278. The molecule has 1 radical (unpaired) electrons. The van der Waals surface area contributed by atoms with Gasteiger partial charge in [0.2, 0.25) is 6.29 Å². The number of rotatable bonds is 38. The van der Waals surface area contributed by atoms with Crippen molar-refractivity contribution in [1.29, 1.82) is 0 Å². The van der Waals surface area contributed by atoms with Gasteiger partial charge in [0.1, 0.15) is 0 Å². The monoisotopic (exact) mass is 604 g/mol. The normalized spacial score (nSPS) is 11.9. The molecular formula is C42H83O. The summed E-state index contributed by atoms with van der Waals surface area (Å²) in [5.74, 6) is 0. The van der Waals surface area contributed by atoms with E-state index < -0.39 is 0 Å². The Hall–Kier alpha value is -0.330. The summed E-state index contributed by atoms with van der Waals surface area (Å²) in [7, 11) is 0. The van der Waals surface area contributed by atoms with E-state index in [0.29, 0.717) is 0 Å². The molecule has 0 aromatic carbocycles. The van der Waals surface area contributed by atoms with Crippen LogP contribution in [0.4, 0.5) is 0 Å². The Morgan fingerprint density at radius 1 is 0.279 bits per heavy atom. The van der Waals surface area contributed by atoms with Crippen LogP contribution in [-0.4, -0.2) is 6.29 Å². The molecule has 0 atom stereocenters. The number of unbranched alkanes of at least 4 members (excludes halogenated alkanes) is 31. The highest BCUT2D eigenvalue weighted by Crippen LogP contribution is 2.36. The third kappa shape index (κ3) is 31.4. The van der Waals surface area contributed by atoms with Crippen LogP contribution in [-0.2, 0) is 4.79 Å². The van der Waals surface area contributed by atoms with E-state index in [9.17, 15) is 4.79 Å². The number of carbonyl (C=O) groups excluding carboxylic acids is 1. The average molecular weight is 604 g/mol. The molecule has 1 nitrogen and oxygen atoms in total. The number of hydrogen-bond acceptors (Lipinski definition) is 1. The van der Waals surface area contributed by atoms with Gasteiger partial charge in [-0.05, 0) is 19.3 Å². The lowest BCUT2D eigenvalue weighted by Crippen LogP contribution is -2.23. The van der Waals surface area contributed by atoms with E-state index in [0.717, 1.165) is 19.3 Å². The van der Waals surface area contributed by atoms with Crippen molar-refractivity contribution in [2.45, 2.75) is 258 Å². The summed E-state index contributed by atoms with van der Waals surface area (Å²) < 4.78 is 0. The molecule has 0 N–H and O–H groups in total. The summed E-state index contributed by atoms with van der Waals surface area (Å²) in [5, 5.41) is 0. The SMILES string of the molecule is CCCCCCCCCCCCCCC([C]=O)(CCCCCCCCCCCC)CCCCCCCCCCCCCC. The molecule has 0 heterocycles. The molecule has 0 unspecified atom stereocenters. The fourth-order valence-corrected chi connectivity index (χ4v) is 7.09. The van der Waals surface area contributed by atoms with Gasteiger partial charge in [-0.25, -0.2) is 0 Å². The second-order valence-electron chi connectivity index (χ2n) is 14.6. The smallest absolute Gasteiger partial charge is 0.205 e. The van der Waals surface area contributed by atoms with Gasteiger partial charge in [0.05, 0.1) is 0 Å². The van der Waals surface area contributed by atoms with Gasteiger partial charge in [-0.3, -0.25) is 4.79 Å². The van der Waals surface area contributed by atoms with Gasteiger partial charge < -0.3 is 0 Å². The Morgan fingerprint density at radius 3 is 0.605 bits per heavy atom. The van der Waals surface area contributed by atoms with Crippen molar-refractivity contribution in [1.82, 2.24) is 0 Å². The Bertz CT molecular complexity index is 483. The molecule has 257 valence electrons. The van der Waals surface area contributed by atoms with E-state index in [1.54, 1.807) is 0 Å². The van der Waals surface area contributed by atoms with Crippen molar-refractivity contribution in [3.8, 4) is 0 Å².